The van der Waals surface area contributed by atoms with Crippen LogP contribution in [-0.2, 0) is 19.8 Å². The number of carboxylic acid groups (broad SMARTS) is 2. The molecule has 0 bridgehead atoms. The van der Waals surface area contributed by atoms with Crippen molar-refractivity contribution in [3.05, 3.63) is 53.9 Å². The number of rotatable bonds is 4. The molecular formula is C24H27F6N5O5. The number of amides is 1. The number of carbonyl (C=O) groups excluding carboxylic acids is 1. The molecule has 2 aliphatic rings. The number of piperidine rings is 1. The SMILES string of the molecule is CNC(=O)CNC1CC2(CCN(c3ncccn3)CC2)c2ccccc21.O=C(O)C(F)(F)F.O=C(O)C(F)(F)F. The molecule has 40 heavy (non-hydrogen) atoms. The topological polar surface area (TPSA) is 145 Å². The largest absolute Gasteiger partial charge is 0.490 e. The minimum absolute atomic E-state index is 0.0273. The van der Waals surface area contributed by atoms with Crippen LogP contribution < -0.4 is 15.5 Å². The van der Waals surface area contributed by atoms with Crippen molar-refractivity contribution in [2.45, 2.75) is 43.1 Å². The summed E-state index contributed by atoms with van der Waals surface area (Å²) >= 11 is 0. The molecule has 1 aromatic heterocycles. The van der Waals surface area contributed by atoms with Crippen LogP contribution in [0.15, 0.2) is 42.7 Å². The summed E-state index contributed by atoms with van der Waals surface area (Å²) in [4.78, 5) is 40.5. The first-order valence-electron chi connectivity index (χ1n) is 11.8. The number of likely N-dealkylation sites (N-methyl/N-ethyl adjacent to an activating group) is 1. The lowest BCUT2D eigenvalue weighted by Gasteiger charge is -2.40. The van der Waals surface area contributed by atoms with Gasteiger partial charge in [-0.2, -0.15) is 26.3 Å². The number of aliphatic carboxylic acids is 2. The maximum absolute atomic E-state index is 11.7. The maximum atomic E-state index is 11.7. The molecule has 1 spiro atoms. The highest BCUT2D eigenvalue weighted by Crippen LogP contribution is 2.50. The molecule has 1 aromatic carbocycles. The fourth-order valence-electron chi connectivity index (χ4n) is 4.44. The van der Waals surface area contributed by atoms with E-state index >= 15 is 0 Å². The summed E-state index contributed by atoms with van der Waals surface area (Å²) in [6.45, 7) is 2.27. The van der Waals surface area contributed by atoms with Gasteiger partial charge in [0.1, 0.15) is 0 Å². The number of carbonyl (C=O) groups is 3. The van der Waals surface area contributed by atoms with Crippen LogP contribution in [0.1, 0.15) is 36.4 Å². The summed E-state index contributed by atoms with van der Waals surface area (Å²) in [5.74, 6) is -4.66. The number of halogens is 6. The van der Waals surface area contributed by atoms with Gasteiger partial charge in [-0.3, -0.25) is 4.79 Å². The van der Waals surface area contributed by atoms with E-state index in [9.17, 15) is 31.1 Å². The first-order chi connectivity index (χ1) is 18.6. The molecule has 16 heteroatoms. The molecule has 2 aromatic rings. The molecule has 1 atom stereocenters. The molecule has 0 radical (unpaired) electrons. The Morgan fingerprint density at radius 1 is 0.950 bits per heavy atom. The normalized spacial score (nSPS) is 17.5. The minimum Gasteiger partial charge on any atom is -0.475 e. The molecule has 0 saturated carbocycles. The quantitative estimate of drug-likeness (QED) is 0.402. The van der Waals surface area contributed by atoms with Crippen molar-refractivity contribution >= 4 is 23.8 Å². The van der Waals surface area contributed by atoms with Crippen LogP contribution in [0.2, 0.25) is 0 Å². The molecule has 4 rings (SSSR count). The smallest absolute Gasteiger partial charge is 0.475 e. The van der Waals surface area contributed by atoms with Crippen molar-refractivity contribution in [3.63, 3.8) is 0 Å². The lowest BCUT2D eigenvalue weighted by molar-refractivity contribution is -0.193. The van der Waals surface area contributed by atoms with Crippen molar-refractivity contribution in [1.82, 2.24) is 20.6 Å². The van der Waals surface area contributed by atoms with Gasteiger partial charge in [0.2, 0.25) is 11.9 Å². The molecule has 4 N–H and O–H groups in total. The van der Waals surface area contributed by atoms with E-state index in [4.69, 9.17) is 19.8 Å². The van der Waals surface area contributed by atoms with Gasteiger partial charge in [-0.1, -0.05) is 24.3 Å². The first-order valence-corrected chi connectivity index (χ1v) is 11.8. The summed E-state index contributed by atoms with van der Waals surface area (Å²) in [7, 11) is 1.68. The van der Waals surface area contributed by atoms with Crippen molar-refractivity contribution < 1.29 is 50.9 Å². The van der Waals surface area contributed by atoms with E-state index in [1.807, 2.05) is 6.07 Å². The van der Waals surface area contributed by atoms with Crippen molar-refractivity contribution in [1.29, 1.82) is 0 Å². The Balaban J connectivity index is 0.000000333. The number of alkyl halides is 6. The highest BCUT2D eigenvalue weighted by molar-refractivity contribution is 5.77. The lowest BCUT2D eigenvalue weighted by atomic mass is 9.73. The summed E-state index contributed by atoms with van der Waals surface area (Å²) in [6.07, 6.45) is -3.35. The van der Waals surface area contributed by atoms with Crippen LogP contribution in [-0.4, -0.2) is 77.1 Å². The third-order valence-electron chi connectivity index (χ3n) is 6.33. The van der Waals surface area contributed by atoms with Gasteiger partial charge in [-0.05, 0) is 36.5 Å². The van der Waals surface area contributed by atoms with Crippen LogP contribution in [0.25, 0.3) is 0 Å². The molecule has 1 aliphatic heterocycles. The van der Waals surface area contributed by atoms with Crippen LogP contribution in [0.4, 0.5) is 32.3 Å². The molecule has 1 aliphatic carbocycles. The summed E-state index contributed by atoms with van der Waals surface area (Å²) < 4.78 is 63.5. The number of fused-ring (bicyclic) bond motifs is 2. The Labute approximate surface area is 224 Å². The number of nitrogens with zero attached hydrogens (tertiary/aromatic N) is 3. The second-order valence-electron chi connectivity index (χ2n) is 8.82. The van der Waals surface area contributed by atoms with E-state index in [0.29, 0.717) is 6.54 Å². The van der Waals surface area contributed by atoms with E-state index in [2.05, 4.69) is 49.8 Å². The number of anilines is 1. The zero-order chi connectivity index (χ0) is 30.1. The van der Waals surface area contributed by atoms with Gasteiger partial charge in [-0.15, -0.1) is 0 Å². The number of benzene rings is 1. The fraction of sp³-hybridized carbons (Fsp3) is 0.458. The van der Waals surface area contributed by atoms with Crippen LogP contribution in [0.5, 0.6) is 0 Å². The van der Waals surface area contributed by atoms with E-state index in [0.717, 1.165) is 38.3 Å². The Hall–Kier alpha value is -3.95. The monoisotopic (exact) mass is 579 g/mol. The van der Waals surface area contributed by atoms with Gasteiger partial charge in [0.15, 0.2) is 0 Å². The fourth-order valence-corrected chi connectivity index (χ4v) is 4.44. The third kappa shape index (κ3) is 8.79. The maximum Gasteiger partial charge on any atom is 0.490 e. The second-order valence-corrected chi connectivity index (χ2v) is 8.82. The van der Waals surface area contributed by atoms with Crippen molar-refractivity contribution in [2.75, 3.05) is 31.6 Å². The molecule has 10 nitrogen and oxygen atoms in total. The predicted octanol–water partition coefficient (Wildman–Crippen LogP) is 3.06. The van der Waals surface area contributed by atoms with Crippen LogP contribution >= 0.6 is 0 Å². The molecule has 1 saturated heterocycles. The van der Waals surface area contributed by atoms with E-state index in [1.54, 1.807) is 19.4 Å². The predicted molar refractivity (Wildman–Crippen MR) is 128 cm³/mol. The van der Waals surface area contributed by atoms with E-state index in [1.165, 1.54) is 11.1 Å². The van der Waals surface area contributed by atoms with E-state index < -0.39 is 24.3 Å². The molecule has 1 unspecified atom stereocenters. The zero-order valence-electron chi connectivity index (χ0n) is 21.1. The Bertz CT molecular complexity index is 1130. The third-order valence-corrected chi connectivity index (χ3v) is 6.33. The standard InChI is InChI=1S/C20H25N5O.2C2HF3O2/c1-21-18(26)14-24-17-13-20(16-6-3-2-5-15(16)17)7-11-25(12-8-20)19-22-9-4-10-23-19;2*3-2(4,5)1(6)7/h2-6,9-10,17,24H,7-8,11-14H2,1H3,(H,21,26);2*(H,6,7). The van der Waals surface area contributed by atoms with Gasteiger partial charge in [0.25, 0.3) is 0 Å². The number of carboxylic acids is 2. The Morgan fingerprint density at radius 2 is 1.45 bits per heavy atom. The molecule has 220 valence electrons. The number of nitrogens with one attached hydrogen (secondary N) is 2. The van der Waals surface area contributed by atoms with Crippen molar-refractivity contribution in [2.24, 2.45) is 0 Å². The van der Waals surface area contributed by atoms with Gasteiger partial charge < -0.3 is 25.7 Å². The highest BCUT2D eigenvalue weighted by atomic mass is 19.4. The molecule has 1 fully saturated rings. The van der Waals surface area contributed by atoms with E-state index in [-0.39, 0.29) is 17.4 Å². The highest BCUT2D eigenvalue weighted by Gasteiger charge is 2.45. The summed E-state index contributed by atoms with van der Waals surface area (Å²) in [5.41, 5.74) is 2.98. The second kappa shape index (κ2) is 13.4. The molecule has 1 amide bonds. The Morgan fingerprint density at radius 3 is 1.93 bits per heavy atom. The Kier molecular flexibility index (Phi) is 10.8. The van der Waals surface area contributed by atoms with Gasteiger partial charge in [0.05, 0.1) is 6.54 Å². The zero-order valence-corrected chi connectivity index (χ0v) is 21.1. The lowest BCUT2D eigenvalue weighted by Crippen LogP contribution is -2.43. The first kappa shape index (κ1) is 32.3. The number of aromatic nitrogens is 2. The van der Waals surface area contributed by atoms with Crippen LogP contribution in [0, 0.1) is 0 Å². The number of hydrogen-bond donors (Lipinski definition) is 4. The summed E-state index contributed by atoms with van der Waals surface area (Å²) in [5, 5.41) is 20.4. The molecule has 2 heterocycles. The summed E-state index contributed by atoms with van der Waals surface area (Å²) in [6, 6.07) is 10.8. The van der Waals surface area contributed by atoms with Gasteiger partial charge in [0, 0.05) is 44.0 Å². The van der Waals surface area contributed by atoms with Crippen molar-refractivity contribution in [3.8, 4) is 0 Å². The van der Waals surface area contributed by atoms with Gasteiger partial charge >= 0.3 is 24.3 Å². The minimum atomic E-state index is -5.08. The average molecular weight is 579 g/mol. The molecular weight excluding hydrogens is 552 g/mol. The average Bonchev–Trinajstić information content (AvgIpc) is 3.21. The number of hydrogen-bond acceptors (Lipinski definition) is 7. The van der Waals surface area contributed by atoms with Gasteiger partial charge in [-0.25, -0.2) is 19.6 Å². The van der Waals surface area contributed by atoms with Crippen LogP contribution in [0.3, 0.4) is 0 Å².